The summed E-state index contributed by atoms with van der Waals surface area (Å²) in [7, 11) is -9.97. The summed E-state index contributed by atoms with van der Waals surface area (Å²) in [6.07, 6.45) is 80.1. The van der Waals surface area contributed by atoms with Crippen LogP contribution < -0.4 is 0 Å². The first-order valence-corrected chi connectivity index (χ1v) is 41.4. The van der Waals surface area contributed by atoms with Crippen molar-refractivity contribution in [3.8, 4) is 0 Å². The molecule has 3 N–H and O–H groups in total. The molecule has 0 aliphatic rings. The first-order valence-electron chi connectivity index (χ1n) is 38.4. The zero-order valence-electron chi connectivity index (χ0n) is 62.3. The van der Waals surface area contributed by atoms with Crippen molar-refractivity contribution < 1.29 is 80.2 Å². The van der Waals surface area contributed by atoms with Gasteiger partial charge in [0.1, 0.15) is 19.3 Å². The summed E-state index contributed by atoms with van der Waals surface area (Å²) in [6, 6.07) is 0. The third kappa shape index (κ3) is 71.6. The Bertz CT molecular complexity index is 2420. The molecule has 0 bridgehead atoms. The highest BCUT2D eigenvalue weighted by atomic mass is 31.2. The van der Waals surface area contributed by atoms with Crippen LogP contribution in [0.3, 0.4) is 0 Å². The van der Waals surface area contributed by atoms with Crippen LogP contribution in [0.2, 0.25) is 0 Å². The van der Waals surface area contributed by atoms with Crippen molar-refractivity contribution in [2.24, 2.45) is 0 Å². The maximum atomic E-state index is 13.1. The fourth-order valence-corrected chi connectivity index (χ4v) is 11.3. The molecule has 5 atom stereocenters. The summed E-state index contributed by atoms with van der Waals surface area (Å²) in [6.45, 7) is 4.48. The maximum Gasteiger partial charge on any atom is 0.472 e. The van der Waals surface area contributed by atoms with Crippen molar-refractivity contribution in [3.05, 3.63) is 134 Å². The molecular weight excluding hydrogens is 1310 g/mol. The molecule has 0 amide bonds. The molecule has 5 unspecified atom stereocenters. The first-order chi connectivity index (χ1) is 48.7. The van der Waals surface area contributed by atoms with Gasteiger partial charge in [-0.15, -0.1) is 0 Å². The molecular formula is C81H136O17P2. The van der Waals surface area contributed by atoms with E-state index >= 15 is 0 Å². The third-order valence-corrected chi connectivity index (χ3v) is 17.5. The Morgan fingerprint density at radius 3 is 0.860 bits per heavy atom. The van der Waals surface area contributed by atoms with E-state index in [9.17, 15) is 43.2 Å². The number of allylic oxidation sites excluding steroid dienone is 22. The van der Waals surface area contributed by atoms with E-state index in [1.807, 2.05) is 0 Å². The normalized spacial score (nSPS) is 14.7. The maximum absolute atomic E-state index is 13.1. The summed E-state index contributed by atoms with van der Waals surface area (Å²) >= 11 is 0. The molecule has 100 heavy (non-hydrogen) atoms. The van der Waals surface area contributed by atoms with Gasteiger partial charge in [-0.3, -0.25) is 37.3 Å². The predicted molar refractivity (Wildman–Crippen MR) is 408 cm³/mol. The number of phosphoric ester groups is 2. The lowest BCUT2D eigenvalue weighted by molar-refractivity contribution is -0.161. The molecule has 0 aliphatic carbocycles. The van der Waals surface area contributed by atoms with Crippen LogP contribution in [-0.2, 0) is 65.4 Å². The Balaban J connectivity index is 5.39. The van der Waals surface area contributed by atoms with Crippen LogP contribution in [0.25, 0.3) is 0 Å². The van der Waals surface area contributed by atoms with Gasteiger partial charge in [0.15, 0.2) is 12.2 Å². The van der Waals surface area contributed by atoms with Crippen LogP contribution in [0.1, 0.15) is 297 Å². The molecule has 0 radical (unpaired) electrons. The van der Waals surface area contributed by atoms with Crippen LogP contribution in [0.4, 0.5) is 0 Å². The molecule has 0 saturated carbocycles. The molecule has 0 aromatic rings. The predicted octanol–water partition coefficient (Wildman–Crippen LogP) is 22.1. The van der Waals surface area contributed by atoms with Crippen LogP contribution >= 0.6 is 15.6 Å². The Labute approximate surface area is 605 Å². The lowest BCUT2D eigenvalue weighted by Crippen LogP contribution is -2.30. The van der Waals surface area contributed by atoms with Gasteiger partial charge in [0.05, 0.1) is 26.4 Å². The van der Waals surface area contributed by atoms with Crippen molar-refractivity contribution in [1.82, 2.24) is 0 Å². The second kappa shape index (κ2) is 72.5. The molecule has 0 aliphatic heterocycles. The van der Waals surface area contributed by atoms with Crippen LogP contribution in [0.15, 0.2) is 134 Å². The Kier molecular flexibility index (Phi) is 69.1. The molecule has 0 aromatic carbocycles. The van der Waals surface area contributed by atoms with Crippen molar-refractivity contribution in [2.75, 3.05) is 39.6 Å². The summed E-state index contributed by atoms with van der Waals surface area (Å²) in [5.74, 6) is -2.26. The molecule has 19 heteroatoms. The summed E-state index contributed by atoms with van der Waals surface area (Å²) in [4.78, 5) is 72.9. The first kappa shape index (κ1) is 95.2. The molecule has 572 valence electrons. The molecule has 0 aromatic heterocycles. The fraction of sp³-hybridized carbons (Fsp3) is 0.679. The van der Waals surface area contributed by atoms with E-state index in [0.717, 1.165) is 193 Å². The van der Waals surface area contributed by atoms with Gasteiger partial charge in [0.2, 0.25) is 0 Å². The smallest absolute Gasteiger partial charge is 0.462 e. The van der Waals surface area contributed by atoms with Gasteiger partial charge in [0.25, 0.3) is 0 Å². The number of hydrogen-bond acceptors (Lipinski definition) is 15. The van der Waals surface area contributed by atoms with Gasteiger partial charge in [-0.05, 0) is 154 Å². The SMILES string of the molecule is CC/C=C\C/C=C\C/C=C\C/C=C\C/C=C\CCCCCC(=O)OCC(COP(=O)(O)OCC(O)COP(=O)(O)OCC(COC(=O)CCCCCCC/C=C\C/C=C\C/C=C\CC)OC(=O)CCCCCCC/C=C\CCCCCC)OC(=O)CCCCCCC/C=C\C/C=C\CCC. The Morgan fingerprint density at radius 2 is 0.540 bits per heavy atom. The summed E-state index contributed by atoms with van der Waals surface area (Å²) in [5, 5.41) is 10.6. The van der Waals surface area contributed by atoms with Gasteiger partial charge < -0.3 is 33.8 Å². The van der Waals surface area contributed by atoms with Gasteiger partial charge in [-0.1, -0.05) is 251 Å². The second-order valence-electron chi connectivity index (χ2n) is 25.2. The minimum Gasteiger partial charge on any atom is -0.462 e. The largest absolute Gasteiger partial charge is 0.472 e. The summed E-state index contributed by atoms with van der Waals surface area (Å²) < 4.78 is 68.4. The Morgan fingerprint density at radius 1 is 0.290 bits per heavy atom. The fourth-order valence-electron chi connectivity index (χ4n) is 9.76. The minimum absolute atomic E-state index is 0.0674. The van der Waals surface area contributed by atoms with Crippen LogP contribution in [-0.4, -0.2) is 96.7 Å². The van der Waals surface area contributed by atoms with Gasteiger partial charge >= 0.3 is 39.5 Å². The topological polar surface area (TPSA) is 237 Å². The average molecular weight is 1440 g/mol. The number of rotatable bonds is 71. The standard InChI is InChI=1S/C81H136O17P2/c1-5-9-13-17-21-25-29-33-35-36-37-38-40-44-46-50-54-58-62-66-79(84)92-72-77(98-81(86)68-64-60-56-52-48-42-32-28-24-20-16-12-8-4)74-96-100(89,90)94-70-75(82)69-93-99(87,88)95-73-76(97-80(85)67-63-59-55-51-47-41-31-27-23-19-15-11-7-3)71-91-78(83)65-61-57-53-49-45-43-39-34-30-26-22-18-14-10-6-2/h9-10,13-14,16,20-22,25-28,31-35,37-39,44,46,75-77,82H,5-8,11-12,15,17-19,23-24,29-30,36,40-43,45,47-74H2,1-4H3,(H,87,88)(H,89,90)/b13-9-,14-10-,20-16-,25-21-,26-22-,31-27-,32-28-,35-33-,38-37-,39-34-,46-44-. The zero-order chi connectivity index (χ0) is 73.2. The van der Waals surface area contributed by atoms with Crippen LogP contribution in [0.5, 0.6) is 0 Å². The molecule has 0 saturated heterocycles. The third-order valence-electron chi connectivity index (χ3n) is 15.6. The number of ether oxygens (including phenoxy) is 4. The average Bonchev–Trinajstić information content (AvgIpc) is 0.935. The molecule has 0 rings (SSSR count). The number of phosphoric acid groups is 2. The van der Waals surface area contributed by atoms with Crippen molar-refractivity contribution >= 4 is 39.5 Å². The number of hydrogen-bond donors (Lipinski definition) is 3. The zero-order valence-corrected chi connectivity index (χ0v) is 64.1. The number of unbranched alkanes of at least 4 members (excludes halogenated alkanes) is 23. The second-order valence-corrected chi connectivity index (χ2v) is 28.1. The van der Waals surface area contributed by atoms with E-state index in [2.05, 4.69) is 161 Å². The van der Waals surface area contributed by atoms with E-state index in [4.69, 9.17) is 37.0 Å². The summed E-state index contributed by atoms with van der Waals surface area (Å²) in [5.41, 5.74) is 0. The molecule has 0 fully saturated rings. The Hall–Kier alpha value is -4.80. The lowest BCUT2D eigenvalue weighted by Gasteiger charge is -2.21. The number of carbonyl (C=O) groups is 4. The highest BCUT2D eigenvalue weighted by molar-refractivity contribution is 7.47. The molecule has 17 nitrogen and oxygen atoms in total. The number of aliphatic hydroxyl groups excluding tert-OH is 1. The monoisotopic (exact) mass is 1440 g/mol. The van der Waals surface area contributed by atoms with E-state index in [0.29, 0.717) is 25.7 Å². The van der Waals surface area contributed by atoms with Crippen molar-refractivity contribution in [3.63, 3.8) is 0 Å². The molecule has 0 spiro atoms. The van der Waals surface area contributed by atoms with Crippen molar-refractivity contribution in [2.45, 2.75) is 316 Å². The number of carbonyl (C=O) groups excluding carboxylic acids is 4. The van der Waals surface area contributed by atoms with Gasteiger partial charge in [0, 0.05) is 25.7 Å². The van der Waals surface area contributed by atoms with E-state index in [1.165, 1.54) is 25.7 Å². The van der Waals surface area contributed by atoms with E-state index in [-0.39, 0.29) is 25.7 Å². The quantitative estimate of drug-likeness (QED) is 0.0169. The number of esters is 4. The van der Waals surface area contributed by atoms with E-state index in [1.54, 1.807) is 0 Å². The van der Waals surface area contributed by atoms with Crippen molar-refractivity contribution in [1.29, 1.82) is 0 Å². The highest BCUT2D eigenvalue weighted by Gasteiger charge is 2.30. The highest BCUT2D eigenvalue weighted by Crippen LogP contribution is 2.45. The lowest BCUT2D eigenvalue weighted by atomic mass is 10.1. The van der Waals surface area contributed by atoms with Gasteiger partial charge in [-0.25, -0.2) is 9.13 Å². The minimum atomic E-state index is -4.99. The van der Waals surface area contributed by atoms with E-state index < -0.39 is 97.5 Å². The van der Waals surface area contributed by atoms with Gasteiger partial charge in [-0.2, -0.15) is 0 Å². The molecule has 0 heterocycles. The number of aliphatic hydroxyl groups is 1. The van der Waals surface area contributed by atoms with Crippen LogP contribution in [0, 0.1) is 0 Å².